The van der Waals surface area contributed by atoms with E-state index in [-0.39, 0.29) is 11.5 Å². The molecule has 18 heavy (non-hydrogen) atoms. The van der Waals surface area contributed by atoms with E-state index < -0.39 is 0 Å². The summed E-state index contributed by atoms with van der Waals surface area (Å²) in [5.74, 6) is 0.291. The van der Waals surface area contributed by atoms with Crippen molar-refractivity contribution < 1.29 is 10.2 Å². The van der Waals surface area contributed by atoms with Crippen LogP contribution in [-0.4, -0.2) is 25.2 Å². The molecule has 0 aliphatic carbocycles. The molecule has 0 radical (unpaired) electrons. The molecule has 3 rings (SSSR count). The summed E-state index contributed by atoms with van der Waals surface area (Å²) in [6, 6.07) is 6.52. The fraction of sp³-hybridized carbons (Fsp3) is 0.0769. The fourth-order valence-electron chi connectivity index (χ4n) is 1.81. The van der Waals surface area contributed by atoms with E-state index in [0.29, 0.717) is 17.0 Å². The average molecular weight is 241 g/mol. The van der Waals surface area contributed by atoms with Crippen molar-refractivity contribution >= 4 is 11.2 Å². The normalized spacial score (nSPS) is 10.9. The molecule has 0 atom stereocenters. The van der Waals surface area contributed by atoms with Gasteiger partial charge in [-0.2, -0.15) is 0 Å². The molecule has 0 bridgehead atoms. The Morgan fingerprint density at radius 1 is 1.11 bits per heavy atom. The van der Waals surface area contributed by atoms with Crippen LogP contribution < -0.4 is 0 Å². The van der Waals surface area contributed by atoms with Gasteiger partial charge in [-0.1, -0.05) is 0 Å². The van der Waals surface area contributed by atoms with Gasteiger partial charge in [-0.15, -0.1) is 0 Å². The molecule has 3 aromatic rings. The summed E-state index contributed by atoms with van der Waals surface area (Å²) < 4.78 is 0. The van der Waals surface area contributed by atoms with E-state index in [2.05, 4.69) is 15.0 Å². The monoisotopic (exact) mass is 241 g/mol. The number of imidazole rings is 1. The first-order valence-electron chi connectivity index (χ1n) is 5.48. The number of H-pyrrole nitrogens is 1. The Kier molecular flexibility index (Phi) is 2.19. The molecule has 90 valence electrons. The SMILES string of the molecule is Cc1cnc2nc(-c3ccc(O)c(O)c3)[nH]c2c1. The van der Waals surface area contributed by atoms with Gasteiger partial charge in [0.05, 0.1) is 5.52 Å². The number of nitrogens with zero attached hydrogens (tertiary/aromatic N) is 2. The van der Waals surface area contributed by atoms with Crippen LogP contribution in [0.1, 0.15) is 5.56 Å². The highest BCUT2D eigenvalue weighted by molar-refractivity contribution is 5.76. The second-order valence-electron chi connectivity index (χ2n) is 4.17. The summed E-state index contributed by atoms with van der Waals surface area (Å²) in [7, 11) is 0. The fourth-order valence-corrected chi connectivity index (χ4v) is 1.81. The number of rotatable bonds is 1. The molecule has 0 aliphatic heterocycles. The molecular weight excluding hydrogens is 230 g/mol. The Labute approximate surface area is 103 Å². The quantitative estimate of drug-likeness (QED) is 0.571. The number of fused-ring (bicyclic) bond motifs is 1. The maximum atomic E-state index is 9.47. The van der Waals surface area contributed by atoms with E-state index in [4.69, 9.17) is 0 Å². The van der Waals surface area contributed by atoms with Crippen LogP contribution in [0.2, 0.25) is 0 Å². The number of nitrogens with one attached hydrogen (secondary N) is 1. The van der Waals surface area contributed by atoms with Crippen molar-refractivity contribution in [3.05, 3.63) is 36.0 Å². The lowest BCUT2D eigenvalue weighted by Gasteiger charge is -1.99. The predicted molar refractivity (Wildman–Crippen MR) is 67.4 cm³/mol. The van der Waals surface area contributed by atoms with E-state index in [1.807, 2.05) is 13.0 Å². The lowest BCUT2D eigenvalue weighted by molar-refractivity contribution is 0.404. The summed E-state index contributed by atoms with van der Waals surface area (Å²) in [4.78, 5) is 11.7. The van der Waals surface area contributed by atoms with Crippen molar-refractivity contribution in [1.29, 1.82) is 0 Å². The number of aromatic nitrogens is 3. The van der Waals surface area contributed by atoms with Crippen LogP contribution in [0.3, 0.4) is 0 Å². The summed E-state index contributed by atoms with van der Waals surface area (Å²) in [6.45, 7) is 1.96. The first-order valence-corrected chi connectivity index (χ1v) is 5.48. The molecule has 0 unspecified atom stereocenters. The van der Waals surface area contributed by atoms with Crippen molar-refractivity contribution in [3.63, 3.8) is 0 Å². The molecule has 0 saturated heterocycles. The lowest BCUT2D eigenvalue weighted by Crippen LogP contribution is -1.80. The average Bonchev–Trinajstić information content (AvgIpc) is 2.75. The Balaban J connectivity index is 2.16. The number of aryl methyl sites for hydroxylation is 1. The van der Waals surface area contributed by atoms with Crippen LogP contribution in [-0.2, 0) is 0 Å². The Morgan fingerprint density at radius 2 is 1.94 bits per heavy atom. The van der Waals surface area contributed by atoms with Gasteiger partial charge in [0.25, 0.3) is 0 Å². The third-order valence-corrected chi connectivity index (χ3v) is 2.72. The lowest BCUT2D eigenvalue weighted by atomic mass is 10.2. The molecule has 5 nitrogen and oxygen atoms in total. The number of aromatic hydroxyl groups is 2. The largest absolute Gasteiger partial charge is 0.504 e. The van der Waals surface area contributed by atoms with Crippen LogP contribution in [0.4, 0.5) is 0 Å². The molecule has 3 N–H and O–H groups in total. The van der Waals surface area contributed by atoms with Gasteiger partial charge in [0, 0.05) is 11.8 Å². The van der Waals surface area contributed by atoms with E-state index >= 15 is 0 Å². The van der Waals surface area contributed by atoms with Gasteiger partial charge < -0.3 is 15.2 Å². The van der Waals surface area contributed by atoms with Crippen LogP contribution in [0.25, 0.3) is 22.6 Å². The first-order chi connectivity index (χ1) is 8.63. The number of benzene rings is 1. The highest BCUT2D eigenvalue weighted by Gasteiger charge is 2.08. The standard InChI is InChI=1S/C13H11N3O2/c1-7-4-9-13(14-6-7)16-12(15-9)8-2-3-10(17)11(18)5-8/h2-6,17-18H,1H3,(H,14,15,16). The van der Waals surface area contributed by atoms with E-state index in [1.54, 1.807) is 12.3 Å². The summed E-state index contributed by atoms with van der Waals surface area (Å²) in [5, 5.41) is 18.7. The van der Waals surface area contributed by atoms with E-state index in [9.17, 15) is 10.2 Å². The number of pyridine rings is 1. The molecule has 0 saturated carbocycles. The van der Waals surface area contributed by atoms with Crippen LogP contribution in [0, 0.1) is 6.92 Å². The van der Waals surface area contributed by atoms with Crippen molar-refractivity contribution in [2.75, 3.05) is 0 Å². The van der Waals surface area contributed by atoms with Gasteiger partial charge in [-0.3, -0.25) is 0 Å². The number of aromatic amines is 1. The molecule has 0 aliphatic rings. The van der Waals surface area contributed by atoms with Crippen LogP contribution >= 0.6 is 0 Å². The molecule has 0 spiro atoms. The molecule has 2 heterocycles. The number of hydrogen-bond donors (Lipinski definition) is 3. The summed E-state index contributed by atoms with van der Waals surface area (Å²) in [6.07, 6.45) is 1.75. The highest BCUT2D eigenvalue weighted by Crippen LogP contribution is 2.29. The Hall–Kier alpha value is -2.56. The molecule has 2 aromatic heterocycles. The van der Waals surface area contributed by atoms with Gasteiger partial charge in [-0.05, 0) is 36.8 Å². The number of phenolic OH excluding ortho intramolecular Hbond substituents is 2. The van der Waals surface area contributed by atoms with Crippen LogP contribution in [0.5, 0.6) is 11.5 Å². The van der Waals surface area contributed by atoms with Gasteiger partial charge in [0.2, 0.25) is 0 Å². The second kappa shape index (κ2) is 3.73. The third kappa shape index (κ3) is 1.66. The van der Waals surface area contributed by atoms with Crippen LogP contribution in [0.15, 0.2) is 30.5 Å². The van der Waals surface area contributed by atoms with Crippen molar-refractivity contribution in [2.24, 2.45) is 0 Å². The van der Waals surface area contributed by atoms with Crippen molar-refractivity contribution in [1.82, 2.24) is 15.0 Å². The number of phenols is 2. The van der Waals surface area contributed by atoms with E-state index in [0.717, 1.165) is 11.1 Å². The Morgan fingerprint density at radius 3 is 2.72 bits per heavy atom. The van der Waals surface area contributed by atoms with Crippen molar-refractivity contribution in [2.45, 2.75) is 6.92 Å². The second-order valence-corrected chi connectivity index (χ2v) is 4.17. The van der Waals surface area contributed by atoms with Gasteiger partial charge in [0.15, 0.2) is 17.1 Å². The minimum absolute atomic E-state index is 0.149. The predicted octanol–water partition coefficient (Wildman–Crippen LogP) is 2.34. The zero-order valence-electron chi connectivity index (χ0n) is 9.68. The van der Waals surface area contributed by atoms with E-state index in [1.165, 1.54) is 12.1 Å². The molecule has 1 aromatic carbocycles. The van der Waals surface area contributed by atoms with Gasteiger partial charge in [0.1, 0.15) is 5.82 Å². The zero-order valence-corrected chi connectivity index (χ0v) is 9.68. The summed E-state index contributed by atoms with van der Waals surface area (Å²) >= 11 is 0. The van der Waals surface area contributed by atoms with Gasteiger partial charge in [-0.25, -0.2) is 9.97 Å². The highest BCUT2D eigenvalue weighted by atomic mass is 16.3. The minimum Gasteiger partial charge on any atom is -0.504 e. The third-order valence-electron chi connectivity index (χ3n) is 2.72. The smallest absolute Gasteiger partial charge is 0.178 e. The number of hydrogen-bond acceptors (Lipinski definition) is 4. The first kappa shape index (κ1) is 10.6. The van der Waals surface area contributed by atoms with Gasteiger partial charge >= 0.3 is 0 Å². The minimum atomic E-state index is -0.169. The van der Waals surface area contributed by atoms with Crippen molar-refractivity contribution in [3.8, 4) is 22.9 Å². The Bertz CT molecular complexity index is 734. The topological polar surface area (TPSA) is 82.0 Å². The maximum absolute atomic E-state index is 9.47. The molecule has 0 fully saturated rings. The molecule has 5 heteroatoms. The maximum Gasteiger partial charge on any atom is 0.178 e. The molecular formula is C13H11N3O2. The summed E-state index contributed by atoms with van der Waals surface area (Å²) in [5.41, 5.74) is 3.22. The zero-order chi connectivity index (χ0) is 12.7. The molecule has 0 amide bonds.